The highest BCUT2D eigenvalue weighted by Gasteiger charge is 2.27. The van der Waals surface area contributed by atoms with Gasteiger partial charge in [0.15, 0.2) is 0 Å². The number of hydrogen-bond donors (Lipinski definition) is 1. The van der Waals surface area contributed by atoms with Crippen LogP contribution in [0.15, 0.2) is 45.2 Å². The van der Waals surface area contributed by atoms with E-state index in [1.165, 1.54) is 19.3 Å². The Morgan fingerprint density at radius 1 is 1.34 bits per heavy atom. The summed E-state index contributed by atoms with van der Waals surface area (Å²) in [6.07, 6.45) is 6.03. The topological polar surface area (TPSA) is 106 Å². The van der Waals surface area contributed by atoms with E-state index in [4.69, 9.17) is 4.42 Å². The zero-order chi connectivity index (χ0) is 20.9. The third-order valence-corrected chi connectivity index (χ3v) is 7.20. The molecule has 1 saturated heterocycles. The minimum absolute atomic E-state index is 0.0590. The summed E-state index contributed by atoms with van der Waals surface area (Å²) in [6, 6.07) is 4.91. The molecule has 2 aromatic heterocycles. The number of amides is 1. The van der Waals surface area contributed by atoms with Gasteiger partial charge in [0, 0.05) is 25.7 Å². The van der Waals surface area contributed by atoms with Crippen LogP contribution < -0.4 is 4.72 Å². The number of nitrogens with one attached hydrogen (secondary N) is 1. The number of ether oxygens (including phenoxy) is 1. The summed E-state index contributed by atoms with van der Waals surface area (Å²) in [5.74, 6) is -0.0401. The van der Waals surface area contributed by atoms with E-state index in [1.54, 1.807) is 34.8 Å². The Morgan fingerprint density at radius 2 is 2.10 bits per heavy atom. The molecule has 1 aliphatic heterocycles. The molecule has 0 unspecified atom stereocenters. The van der Waals surface area contributed by atoms with Crippen molar-refractivity contribution in [3.8, 4) is 0 Å². The van der Waals surface area contributed by atoms with Crippen LogP contribution in [-0.2, 0) is 19.6 Å². The van der Waals surface area contributed by atoms with E-state index in [-0.39, 0.29) is 28.1 Å². The fourth-order valence-electron chi connectivity index (χ4n) is 3.06. The lowest BCUT2D eigenvalue weighted by Crippen LogP contribution is -2.41. The fraction of sp³-hybridized carbons (Fsp3) is 0.368. The molecule has 0 atom stereocenters. The molecule has 0 aromatic carbocycles. The number of piperidine rings is 1. The number of thiophene rings is 1. The lowest BCUT2D eigenvalue weighted by atomic mass is 9.97. The van der Waals surface area contributed by atoms with Gasteiger partial charge in [-0.25, -0.2) is 17.9 Å². The Bertz CT molecular complexity index is 970. The number of carbonyl (C=O) groups excluding carboxylic acids is 2. The van der Waals surface area contributed by atoms with Crippen LogP contribution in [0.2, 0.25) is 0 Å². The molecular formula is C19H22N2O6S2. The van der Waals surface area contributed by atoms with Gasteiger partial charge in [0.2, 0.25) is 15.9 Å². The first-order chi connectivity index (χ1) is 13.9. The minimum Gasteiger partial charge on any atom is -0.465 e. The number of furan rings is 1. The maximum Gasteiger partial charge on any atom is 0.349 e. The van der Waals surface area contributed by atoms with Gasteiger partial charge in [0.05, 0.1) is 13.4 Å². The van der Waals surface area contributed by atoms with Gasteiger partial charge in [0.25, 0.3) is 0 Å². The fourth-order valence-corrected chi connectivity index (χ4v) is 5.51. The number of methoxy groups -OCH3 is 1. The maximum atomic E-state index is 12.6. The zero-order valence-corrected chi connectivity index (χ0v) is 17.5. The van der Waals surface area contributed by atoms with Crippen molar-refractivity contribution >= 4 is 39.3 Å². The molecule has 1 fully saturated rings. The van der Waals surface area contributed by atoms with Crippen LogP contribution in [-0.4, -0.2) is 51.9 Å². The highest BCUT2D eigenvalue weighted by Crippen LogP contribution is 2.24. The standard InChI is InChI=1S/C19H22N2O6S2/c1-26-19(23)18-16(8-12-28-18)29(24,25)20-13-14-6-9-21(10-7-14)17(22)5-4-15-3-2-11-27-15/h2-5,8,11-12,14,20H,6-7,9-10,13H2,1H3. The summed E-state index contributed by atoms with van der Waals surface area (Å²) in [6.45, 7) is 1.36. The average molecular weight is 439 g/mol. The van der Waals surface area contributed by atoms with Crippen molar-refractivity contribution in [2.24, 2.45) is 5.92 Å². The van der Waals surface area contributed by atoms with Gasteiger partial charge in [-0.1, -0.05) is 0 Å². The van der Waals surface area contributed by atoms with Gasteiger partial charge >= 0.3 is 5.97 Å². The zero-order valence-electron chi connectivity index (χ0n) is 15.9. The van der Waals surface area contributed by atoms with E-state index >= 15 is 0 Å². The summed E-state index contributed by atoms with van der Waals surface area (Å²) in [4.78, 5) is 25.7. The molecule has 8 nitrogen and oxygen atoms in total. The number of esters is 1. The second-order valence-electron chi connectivity index (χ2n) is 6.57. The van der Waals surface area contributed by atoms with E-state index in [0.717, 1.165) is 11.3 Å². The normalized spacial score (nSPS) is 15.7. The largest absolute Gasteiger partial charge is 0.465 e. The number of likely N-dealkylation sites (tertiary alicyclic amines) is 1. The van der Waals surface area contributed by atoms with Gasteiger partial charge in [-0.05, 0) is 48.4 Å². The number of rotatable bonds is 7. The Balaban J connectivity index is 1.50. The SMILES string of the molecule is COC(=O)c1sccc1S(=O)(=O)NCC1CCN(C(=O)C=Cc2ccco2)CC1. The molecule has 1 aliphatic rings. The molecule has 1 amide bonds. The monoisotopic (exact) mass is 438 g/mol. The predicted octanol–water partition coefficient (Wildman–Crippen LogP) is 2.36. The molecule has 3 rings (SSSR count). The molecule has 3 heterocycles. The Morgan fingerprint density at radius 3 is 2.76 bits per heavy atom. The van der Waals surface area contributed by atoms with Crippen molar-refractivity contribution in [3.05, 3.63) is 46.6 Å². The van der Waals surface area contributed by atoms with Gasteiger partial charge in [-0.2, -0.15) is 0 Å². The molecule has 0 saturated carbocycles. The second-order valence-corrected chi connectivity index (χ2v) is 9.23. The smallest absolute Gasteiger partial charge is 0.349 e. The Hall–Kier alpha value is -2.43. The summed E-state index contributed by atoms with van der Waals surface area (Å²) >= 11 is 1.03. The first-order valence-electron chi connectivity index (χ1n) is 9.06. The summed E-state index contributed by atoms with van der Waals surface area (Å²) in [5, 5.41) is 1.54. The lowest BCUT2D eigenvalue weighted by Gasteiger charge is -2.31. The Labute approximate surface area is 173 Å². The van der Waals surface area contributed by atoms with E-state index in [9.17, 15) is 18.0 Å². The van der Waals surface area contributed by atoms with E-state index in [2.05, 4.69) is 9.46 Å². The molecule has 156 valence electrons. The van der Waals surface area contributed by atoms with Gasteiger partial charge in [-0.15, -0.1) is 11.3 Å². The van der Waals surface area contributed by atoms with Crippen molar-refractivity contribution in [2.75, 3.05) is 26.7 Å². The molecular weight excluding hydrogens is 416 g/mol. The van der Waals surface area contributed by atoms with Crippen molar-refractivity contribution in [3.63, 3.8) is 0 Å². The highest BCUT2D eigenvalue weighted by atomic mass is 32.2. The third kappa shape index (κ3) is 5.34. The minimum atomic E-state index is -3.81. The number of carbonyl (C=O) groups is 2. The number of hydrogen-bond acceptors (Lipinski definition) is 7. The van der Waals surface area contributed by atoms with Crippen LogP contribution >= 0.6 is 11.3 Å². The van der Waals surface area contributed by atoms with Crippen molar-refractivity contribution < 1.29 is 27.2 Å². The molecule has 0 bridgehead atoms. The number of sulfonamides is 1. The molecule has 0 aliphatic carbocycles. The van der Waals surface area contributed by atoms with Crippen LogP contribution in [0.4, 0.5) is 0 Å². The van der Waals surface area contributed by atoms with Gasteiger partial charge < -0.3 is 14.1 Å². The van der Waals surface area contributed by atoms with Gasteiger partial charge in [0.1, 0.15) is 15.5 Å². The van der Waals surface area contributed by atoms with E-state index < -0.39 is 16.0 Å². The summed E-state index contributed by atoms with van der Waals surface area (Å²) in [5.41, 5.74) is 0. The second kappa shape index (κ2) is 9.38. The number of nitrogens with zero attached hydrogens (tertiary/aromatic N) is 1. The summed E-state index contributed by atoms with van der Waals surface area (Å²) in [7, 11) is -2.60. The van der Waals surface area contributed by atoms with Crippen LogP contribution in [0, 0.1) is 5.92 Å². The lowest BCUT2D eigenvalue weighted by molar-refractivity contribution is -0.127. The van der Waals surface area contributed by atoms with Crippen molar-refractivity contribution in [2.45, 2.75) is 17.7 Å². The van der Waals surface area contributed by atoms with E-state index in [0.29, 0.717) is 31.7 Å². The molecule has 1 N–H and O–H groups in total. The first kappa shape index (κ1) is 21.3. The maximum absolute atomic E-state index is 12.6. The Kier molecular flexibility index (Phi) is 6.88. The average Bonchev–Trinajstić information content (AvgIpc) is 3.42. The summed E-state index contributed by atoms with van der Waals surface area (Å²) < 4.78 is 37.5. The molecule has 0 spiro atoms. The highest BCUT2D eigenvalue weighted by molar-refractivity contribution is 7.89. The molecule has 0 radical (unpaired) electrons. The molecule has 2 aromatic rings. The van der Waals surface area contributed by atoms with E-state index in [1.807, 2.05) is 0 Å². The predicted molar refractivity (Wildman–Crippen MR) is 108 cm³/mol. The van der Waals surface area contributed by atoms with Crippen molar-refractivity contribution in [1.82, 2.24) is 9.62 Å². The van der Waals surface area contributed by atoms with Crippen LogP contribution in [0.5, 0.6) is 0 Å². The van der Waals surface area contributed by atoms with Crippen LogP contribution in [0.3, 0.4) is 0 Å². The van der Waals surface area contributed by atoms with Gasteiger partial charge in [-0.3, -0.25) is 4.79 Å². The van der Waals surface area contributed by atoms with Crippen molar-refractivity contribution in [1.29, 1.82) is 0 Å². The third-order valence-electron chi connectivity index (χ3n) is 4.71. The molecule has 10 heteroatoms. The first-order valence-corrected chi connectivity index (χ1v) is 11.4. The van der Waals surface area contributed by atoms with Crippen LogP contribution in [0.1, 0.15) is 28.3 Å². The quantitative estimate of drug-likeness (QED) is 0.525. The molecule has 29 heavy (non-hydrogen) atoms. The van der Waals surface area contributed by atoms with Crippen LogP contribution in [0.25, 0.3) is 6.08 Å².